The summed E-state index contributed by atoms with van der Waals surface area (Å²) in [6, 6.07) is 12.6. The summed E-state index contributed by atoms with van der Waals surface area (Å²) in [4.78, 5) is 16.3. The minimum absolute atomic E-state index is 0.350. The molecule has 0 saturated heterocycles. The zero-order chi connectivity index (χ0) is 14.8. The van der Waals surface area contributed by atoms with E-state index in [-0.39, 0.29) is 6.03 Å². The maximum atomic E-state index is 12.0. The Kier molecular flexibility index (Phi) is 4.10. The topological polar surface area (TPSA) is 54.0 Å². The van der Waals surface area contributed by atoms with Gasteiger partial charge in [-0.1, -0.05) is 41.1 Å². The van der Waals surface area contributed by atoms with E-state index in [1.54, 1.807) is 12.1 Å². The first kappa shape index (κ1) is 14.3. The third-order valence-electron chi connectivity index (χ3n) is 2.71. The molecule has 7 heteroatoms. The van der Waals surface area contributed by atoms with Crippen molar-refractivity contribution in [1.29, 1.82) is 0 Å². The second-order valence-electron chi connectivity index (χ2n) is 4.16. The third kappa shape index (κ3) is 3.18. The van der Waals surface area contributed by atoms with Gasteiger partial charge in [0.1, 0.15) is 5.52 Å². The number of amides is 2. The van der Waals surface area contributed by atoms with Gasteiger partial charge in [0.25, 0.3) is 0 Å². The van der Waals surface area contributed by atoms with Crippen LogP contribution >= 0.6 is 38.9 Å². The Balaban J connectivity index is 1.77. The van der Waals surface area contributed by atoms with Gasteiger partial charge in [-0.3, -0.25) is 5.32 Å². The van der Waals surface area contributed by atoms with Gasteiger partial charge < -0.3 is 5.32 Å². The number of aromatic nitrogens is 1. The number of urea groups is 1. The highest BCUT2D eigenvalue weighted by Crippen LogP contribution is 2.30. The van der Waals surface area contributed by atoms with E-state index in [2.05, 4.69) is 31.5 Å². The van der Waals surface area contributed by atoms with Crippen molar-refractivity contribution in [3.05, 3.63) is 52.0 Å². The molecule has 0 spiro atoms. The van der Waals surface area contributed by atoms with Crippen LogP contribution in [0.25, 0.3) is 10.2 Å². The Morgan fingerprint density at radius 3 is 2.71 bits per heavy atom. The highest BCUT2D eigenvalue weighted by atomic mass is 79.9. The zero-order valence-electron chi connectivity index (χ0n) is 10.6. The van der Waals surface area contributed by atoms with Crippen LogP contribution in [0.5, 0.6) is 0 Å². The fourth-order valence-corrected chi connectivity index (χ4v) is 3.33. The summed E-state index contributed by atoms with van der Waals surface area (Å²) in [7, 11) is 0. The Morgan fingerprint density at radius 1 is 1.14 bits per heavy atom. The van der Waals surface area contributed by atoms with Gasteiger partial charge >= 0.3 is 6.03 Å². The molecule has 0 fully saturated rings. The van der Waals surface area contributed by atoms with Gasteiger partial charge in [-0.2, -0.15) is 0 Å². The van der Waals surface area contributed by atoms with Crippen molar-refractivity contribution in [3.63, 3.8) is 0 Å². The van der Waals surface area contributed by atoms with Gasteiger partial charge in [0, 0.05) is 4.47 Å². The lowest BCUT2D eigenvalue weighted by Gasteiger charge is -2.06. The van der Waals surface area contributed by atoms with Gasteiger partial charge in [0.05, 0.1) is 15.4 Å². The average Bonchev–Trinajstić information content (AvgIpc) is 2.85. The van der Waals surface area contributed by atoms with Gasteiger partial charge in [0.2, 0.25) is 0 Å². The molecule has 3 aromatic rings. The first-order chi connectivity index (χ1) is 10.1. The Morgan fingerprint density at radius 2 is 1.95 bits per heavy atom. The van der Waals surface area contributed by atoms with Crippen molar-refractivity contribution in [3.8, 4) is 0 Å². The van der Waals surface area contributed by atoms with Crippen molar-refractivity contribution in [1.82, 2.24) is 4.98 Å². The number of hydrogen-bond donors (Lipinski definition) is 2. The summed E-state index contributed by atoms with van der Waals surface area (Å²) in [5, 5.41) is 6.54. The highest BCUT2D eigenvalue weighted by Gasteiger charge is 2.10. The van der Waals surface area contributed by atoms with E-state index >= 15 is 0 Å². The van der Waals surface area contributed by atoms with E-state index in [1.165, 1.54) is 11.3 Å². The first-order valence-corrected chi connectivity index (χ1v) is 8.00. The molecule has 0 atom stereocenters. The number of halogens is 2. The summed E-state index contributed by atoms with van der Waals surface area (Å²) in [5.41, 5.74) is 1.38. The Bertz CT molecular complexity index is 821. The fourth-order valence-electron chi connectivity index (χ4n) is 1.78. The number of hydrogen-bond acceptors (Lipinski definition) is 3. The molecule has 1 aromatic heterocycles. The molecule has 3 rings (SSSR count). The number of nitrogens with zero attached hydrogens (tertiary/aromatic N) is 1. The van der Waals surface area contributed by atoms with Crippen LogP contribution in [-0.4, -0.2) is 11.0 Å². The Labute approximate surface area is 138 Å². The van der Waals surface area contributed by atoms with Crippen LogP contribution in [0.15, 0.2) is 46.9 Å². The number of rotatable bonds is 2. The quantitative estimate of drug-likeness (QED) is 0.627. The first-order valence-electron chi connectivity index (χ1n) is 6.01. The van der Waals surface area contributed by atoms with Crippen LogP contribution in [0.4, 0.5) is 15.6 Å². The molecule has 2 N–H and O–H groups in total. The van der Waals surface area contributed by atoms with Crippen molar-refractivity contribution < 1.29 is 4.79 Å². The lowest BCUT2D eigenvalue weighted by atomic mass is 10.3. The molecule has 0 radical (unpaired) electrons. The van der Waals surface area contributed by atoms with E-state index < -0.39 is 0 Å². The third-order valence-corrected chi connectivity index (χ3v) is 4.64. The summed E-state index contributed by atoms with van der Waals surface area (Å²) >= 11 is 10.8. The van der Waals surface area contributed by atoms with E-state index in [0.29, 0.717) is 21.4 Å². The van der Waals surface area contributed by atoms with Gasteiger partial charge in [-0.15, -0.1) is 0 Å². The molecule has 2 aromatic carbocycles. The van der Waals surface area contributed by atoms with Crippen LogP contribution in [-0.2, 0) is 0 Å². The molecule has 0 unspecified atom stereocenters. The minimum atomic E-state index is -0.350. The molecular weight excluding hydrogens is 374 g/mol. The molecule has 0 aliphatic carbocycles. The smallest absolute Gasteiger partial charge is 0.307 e. The van der Waals surface area contributed by atoms with Gasteiger partial charge in [-0.05, 0) is 40.2 Å². The lowest BCUT2D eigenvalue weighted by Crippen LogP contribution is -2.19. The molecule has 4 nitrogen and oxygen atoms in total. The number of anilines is 2. The monoisotopic (exact) mass is 381 g/mol. The summed E-state index contributed by atoms with van der Waals surface area (Å²) < 4.78 is 1.74. The van der Waals surface area contributed by atoms with Crippen LogP contribution in [0.3, 0.4) is 0 Å². The summed E-state index contributed by atoms with van der Waals surface area (Å²) in [6.45, 7) is 0. The molecule has 0 saturated carbocycles. The SMILES string of the molecule is O=C(Nc1nc2c(Cl)cccc2s1)Nc1ccccc1Br. The molecule has 0 aliphatic rings. The number of nitrogens with one attached hydrogen (secondary N) is 2. The van der Waals surface area contributed by atoms with Gasteiger partial charge in [-0.25, -0.2) is 9.78 Å². The molecular formula is C14H9BrClN3OS. The predicted octanol–water partition coefficient (Wildman–Crippen LogP) is 5.36. The number of carbonyl (C=O) groups excluding carboxylic acids is 1. The van der Waals surface area contributed by atoms with Gasteiger partial charge in [0.15, 0.2) is 5.13 Å². The molecule has 106 valence electrons. The van der Waals surface area contributed by atoms with Crippen molar-refractivity contribution in [2.75, 3.05) is 10.6 Å². The molecule has 21 heavy (non-hydrogen) atoms. The van der Waals surface area contributed by atoms with Crippen LogP contribution < -0.4 is 10.6 Å². The second kappa shape index (κ2) is 6.01. The standard InChI is InChI=1S/C14H9BrClN3OS/c15-8-4-1-2-6-10(8)17-13(20)19-14-18-12-9(16)5-3-7-11(12)21-14/h1-7H,(H2,17,18,19,20). The predicted molar refractivity (Wildman–Crippen MR) is 91.4 cm³/mol. The van der Waals surface area contributed by atoms with Crippen molar-refractivity contribution in [2.24, 2.45) is 0 Å². The fraction of sp³-hybridized carbons (Fsp3) is 0. The molecule has 2 amide bonds. The lowest BCUT2D eigenvalue weighted by molar-refractivity contribution is 0.262. The minimum Gasteiger partial charge on any atom is -0.307 e. The van der Waals surface area contributed by atoms with Crippen molar-refractivity contribution in [2.45, 2.75) is 0 Å². The Hall–Kier alpha value is -1.63. The average molecular weight is 383 g/mol. The molecule has 0 bridgehead atoms. The number of benzene rings is 2. The van der Waals surface area contributed by atoms with E-state index in [4.69, 9.17) is 11.6 Å². The summed E-state index contributed by atoms with van der Waals surface area (Å²) in [5.74, 6) is 0. The van der Waals surface area contributed by atoms with Crippen LogP contribution in [0.1, 0.15) is 0 Å². The number of thiazole rings is 1. The largest absolute Gasteiger partial charge is 0.325 e. The van der Waals surface area contributed by atoms with Crippen LogP contribution in [0.2, 0.25) is 5.02 Å². The van der Waals surface area contributed by atoms with Crippen molar-refractivity contribution >= 4 is 65.9 Å². The van der Waals surface area contributed by atoms with Crippen LogP contribution in [0, 0.1) is 0 Å². The number of para-hydroxylation sites is 2. The normalized spacial score (nSPS) is 10.6. The highest BCUT2D eigenvalue weighted by molar-refractivity contribution is 9.10. The van der Waals surface area contributed by atoms with E-state index in [9.17, 15) is 4.79 Å². The van der Waals surface area contributed by atoms with E-state index in [1.807, 2.05) is 30.3 Å². The maximum Gasteiger partial charge on any atom is 0.325 e. The maximum absolute atomic E-state index is 12.0. The number of carbonyl (C=O) groups is 1. The number of fused-ring (bicyclic) bond motifs is 1. The molecule has 1 heterocycles. The summed E-state index contributed by atoms with van der Waals surface area (Å²) in [6.07, 6.45) is 0. The zero-order valence-corrected chi connectivity index (χ0v) is 13.7. The second-order valence-corrected chi connectivity index (χ2v) is 6.46. The van der Waals surface area contributed by atoms with E-state index in [0.717, 1.165) is 9.17 Å². The molecule has 0 aliphatic heterocycles.